The Morgan fingerprint density at radius 1 is 1.29 bits per heavy atom. The number of hydrogen-bond donors (Lipinski definition) is 2. The van der Waals surface area contributed by atoms with Gasteiger partial charge in [-0.3, -0.25) is 0 Å². The Balaban J connectivity index is 2.31. The number of rotatable bonds is 5. The van der Waals surface area contributed by atoms with Crippen LogP contribution in [0, 0.1) is 5.92 Å². The van der Waals surface area contributed by atoms with Crippen LogP contribution in [0.25, 0.3) is 0 Å². The van der Waals surface area contributed by atoms with Crippen molar-refractivity contribution in [3.05, 3.63) is 29.8 Å². The second kappa shape index (κ2) is 6.78. The van der Waals surface area contributed by atoms with Crippen molar-refractivity contribution in [3.8, 4) is 0 Å². The van der Waals surface area contributed by atoms with E-state index in [2.05, 4.69) is 10.6 Å². The molecule has 17 heavy (non-hydrogen) atoms. The molecule has 0 heterocycles. The summed E-state index contributed by atoms with van der Waals surface area (Å²) in [6.07, 6.45) is -0.364. The van der Waals surface area contributed by atoms with Crippen LogP contribution in [0.15, 0.2) is 24.3 Å². The highest BCUT2D eigenvalue weighted by Gasteiger charge is 2.03. The molecular formula is C13H20N2O2. The third kappa shape index (κ3) is 5.24. The predicted molar refractivity (Wildman–Crippen MR) is 69.0 cm³/mol. The molecule has 0 saturated heterocycles. The minimum Gasteiger partial charge on any atom is -0.445 e. The summed E-state index contributed by atoms with van der Waals surface area (Å²) in [7, 11) is 1.87. The van der Waals surface area contributed by atoms with E-state index in [4.69, 9.17) is 4.74 Å². The molecule has 0 atom stereocenters. The van der Waals surface area contributed by atoms with E-state index < -0.39 is 0 Å². The van der Waals surface area contributed by atoms with Gasteiger partial charge in [0, 0.05) is 19.3 Å². The number of anilines is 1. The number of ether oxygens (including phenoxy) is 1. The van der Waals surface area contributed by atoms with Crippen molar-refractivity contribution in [3.63, 3.8) is 0 Å². The van der Waals surface area contributed by atoms with Crippen LogP contribution in [0.3, 0.4) is 0 Å². The molecule has 0 bridgehead atoms. The number of benzene rings is 1. The fourth-order valence-electron chi connectivity index (χ4n) is 1.26. The van der Waals surface area contributed by atoms with Crippen molar-refractivity contribution in [1.29, 1.82) is 0 Å². The van der Waals surface area contributed by atoms with E-state index in [1.54, 1.807) is 0 Å². The lowest BCUT2D eigenvalue weighted by Gasteiger charge is -2.09. The van der Waals surface area contributed by atoms with E-state index in [1.807, 2.05) is 45.2 Å². The minimum absolute atomic E-state index is 0.300. The third-order valence-corrected chi connectivity index (χ3v) is 2.27. The van der Waals surface area contributed by atoms with Crippen LogP contribution in [0.2, 0.25) is 0 Å². The fourth-order valence-corrected chi connectivity index (χ4v) is 1.26. The fraction of sp³-hybridized carbons (Fsp3) is 0.462. The first-order valence-electron chi connectivity index (χ1n) is 5.79. The maximum absolute atomic E-state index is 11.3. The molecule has 0 aromatic heterocycles. The van der Waals surface area contributed by atoms with Crippen LogP contribution in [0.1, 0.15) is 19.4 Å². The first-order valence-corrected chi connectivity index (χ1v) is 5.79. The quantitative estimate of drug-likeness (QED) is 0.826. The highest BCUT2D eigenvalue weighted by atomic mass is 16.5. The van der Waals surface area contributed by atoms with Crippen molar-refractivity contribution in [2.75, 3.05) is 18.9 Å². The van der Waals surface area contributed by atoms with Gasteiger partial charge in [0.15, 0.2) is 0 Å². The zero-order chi connectivity index (χ0) is 12.7. The van der Waals surface area contributed by atoms with E-state index in [0.717, 1.165) is 11.3 Å². The average Bonchev–Trinajstić information content (AvgIpc) is 2.34. The number of alkyl carbamates (subject to hydrolysis) is 1. The molecule has 0 aliphatic carbocycles. The van der Waals surface area contributed by atoms with Gasteiger partial charge in [0.2, 0.25) is 0 Å². The summed E-state index contributed by atoms with van der Waals surface area (Å²) in [5, 5.41) is 5.73. The predicted octanol–water partition coefficient (Wildman–Crippen LogP) is 2.61. The van der Waals surface area contributed by atoms with Crippen molar-refractivity contribution in [1.82, 2.24) is 5.32 Å². The standard InChI is InChI=1S/C13H20N2O2/c1-10(2)8-15-13(16)17-9-11-4-6-12(14-3)7-5-11/h4-7,10,14H,8-9H2,1-3H3,(H,15,16). The molecule has 94 valence electrons. The molecule has 1 rings (SSSR count). The minimum atomic E-state index is -0.364. The zero-order valence-corrected chi connectivity index (χ0v) is 10.6. The average molecular weight is 236 g/mol. The van der Waals surface area contributed by atoms with Crippen molar-refractivity contribution < 1.29 is 9.53 Å². The van der Waals surface area contributed by atoms with E-state index in [1.165, 1.54) is 0 Å². The summed E-state index contributed by atoms with van der Waals surface area (Å²) in [5.74, 6) is 0.428. The Bertz CT molecular complexity index is 347. The van der Waals surface area contributed by atoms with Gasteiger partial charge >= 0.3 is 6.09 Å². The van der Waals surface area contributed by atoms with E-state index in [-0.39, 0.29) is 6.09 Å². The molecule has 1 amide bonds. The molecule has 4 heteroatoms. The molecule has 0 saturated carbocycles. The molecule has 1 aromatic carbocycles. The zero-order valence-electron chi connectivity index (χ0n) is 10.6. The summed E-state index contributed by atoms with van der Waals surface area (Å²) >= 11 is 0. The lowest BCUT2D eigenvalue weighted by molar-refractivity contribution is 0.138. The van der Waals surface area contributed by atoms with E-state index >= 15 is 0 Å². The first-order chi connectivity index (χ1) is 8.11. The molecule has 0 aliphatic heterocycles. The molecule has 0 aliphatic rings. The van der Waals surface area contributed by atoms with Gasteiger partial charge in [-0.1, -0.05) is 26.0 Å². The Labute approximate surface area is 102 Å². The van der Waals surface area contributed by atoms with Crippen LogP contribution in [-0.4, -0.2) is 19.7 Å². The molecule has 4 nitrogen and oxygen atoms in total. The smallest absolute Gasteiger partial charge is 0.407 e. The Hall–Kier alpha value is -1.71. The molecular weight excluding hydrogens is 216 g/mol. The van der Waals surface area contributed by atoms with Gasteiger partial charge in [-0.2, -0.15) is 0 Å². The molecule has 0 spiro atoms. The SMILES string of the molecule is CNc1ccc(COC(=O)NCC(C)C)cc1. The van der Waals surface area contributed by atoms with Crippen LogP contribution in [-0.2, 0) is 11.3 Å². The molecule has 1 aromatic rings. The molecule has 0 radical (unpaired) electrons. The van der Waals surface area contributed by atoms with E-state index in [0.29, 0.717) is 19.1 Å². The Morgan fingerprint density at radius 3 is 2.47 bits per heavy atom. The summed E-state index contributed by atoms with van der Waals surface area (Å²) in [6.45, 7) is 5.01. The van der Waals surface area contributed by atoms with Crippen LogP contribution >= 0.6 is 0 Å². The second-order valence-corrected chi connectivity index (χ2v) is 4.30. The van der Waals surface area contributed by atoms with Gasteiger partial charge in [-0.25, -0.2) is 4.79 Å². The van der Waals surface area contributed by atoms with Crippen molar-refractivity contribution in [2.45, 2.75) is 20.5 Å². The normalized spacial score (nSPS) is 10.1. The Kier molecular flexibility index (Phi) is 5.33. The summed E-state index contributed by atoms with van der Waals surface area (Å²) in [6, 6.07) is 7.76. The van der Waals surface area contributed by atoms with Crippen molar-refractivity contribution >= 4 is 11.8 Å². The summed E-state index contributed by atoms with van der Waals surface area (Å²) in [5.41, 5.74) is 2.02. The number of nitrogens with one attached hydrogen (secondary N) is 2. The van der Waals surface area contributed by atoms with Gasteiger partial charge in [-0.15, -0.1) is 0 Å². The lowest BCUT2D eigenvalue weighted by Crippen LogP contribution is -2.27. The second-order valence-electron chi connectivity index (χ2n) is 4.30. The molecule has 2 N–H and O–H groups in total. The number of amides is 1. The van der Waals surface area contributed by atoms with Gasteiger partial charge in [0.05, 0.1) is 0 Å². The highest BCUT2D eigenvalue weighted by molar-refractivity contribution is 5.67. The maximum Gasteiger partial charge on any atom is 0.407 e. The van der Waals surface area contributed by atoms with Gasteiger partial charge in [-0.05, 0) is 23.6 Å². The summed E-state index contributed by atoms with van der Waals surface area (Å²) < 4.78 is 5.08. The third-order valence-electron chi connectivity index (χ3n) is 2.27. The van der Waals surface area contributed by atoms with Crippen LogP contribution < -0.4 is 10.6 Å². The molecule has 0 fully saturated rings. The highest BCUT2D eigenvalue weighted by Crippen LogP contribution is 2.09. The Morgan fingerprint density at radius 2 is 1.94 bits per heavy atom. The lowest BCUT2D eigenvalue weighted by atomic mass is 10.2. The van der Waals surface area contributed by atoms with E-state index in [9.17, 15) is 4.79 Å². The number of hydrogen-bond acceptors (Lipinski definition) is 3. The van der Waals surface area contributed by atoms with Gasteiger partial charge in [0.1, 0.15) is 6.61 Å². The first kappa shape index (κ1) is 13.4. The van der Waals surface area contributed by atoms with Crippen LogP contribution in [0.5, 0.6) is 0 Å². The van der Waals surface area contributed by atoms with Gasteiger partial charge < -0.3 is 15.4 Å². The largest absolute Gasteiger partial charge is 0.445 e. The maximum atomic E-state index is 11.3. The van der Waals surface area contributed by atoms with Gasteiger partial charge in [0.25, 0.3) is 0 Å². The number of carbonyl (C=O) groups is 1. The topological polar surface area (TPSA) is 50.4 Å². The van der Waals surface area contributed by atoms with Crippen molar-refractivity contribution in [2.24, 2.45) is 5.92 Å². The number of carbonyl (C=O) groups excluding carboxylic acids is 1. The summed E-state index contributed by atoms with van der Waals surface area (Å²) in [4.78, 5) is 11.3. The van der Waals surface area contributed by atoms with Crippen LogP contribution in [0.4, 0.5) is 10.5 Å². The monoisotopic (exact) mass is 236 g/mol. The molecule has 0 unspecified atom stereocenters.